The number of nitrogens with one attached hydrogen (secondary N) is 2. The standard InChI is InChI=1S/C31H28FN7OS/c1-17(40)26-7-8-27(41-26)30-29-24(9-10-34-30)35-31(36-29)28-22-12-21(23(32)13-25(22)37-38-28)19-11-18(14-33-15-19)16-39(2)20-5-3-4-6-20/h7-15,20H,3-6,16H2,1-2H3,(H,35,36)(H,37,38). The molecule has 0 unspecified atom stereocenters. The minimum Gasteiger partial charge on any atom is -0.336 e. The number of imidazole rings is 1. The zero-order chi connectivity index (χ0) is 28.1. The van der Waals surface area contributed by atoms with Gasteiger partial charge >= 0.3 is 0 Å². The SMILES string of the molecule is CC(=O)c1ccc(-c2nccc3[nH]c(-c4n[nH]c5cc(F)c(-c6cncc(CN(C)C7CCCC7)c6)cc45)nc23)s1. The molecule has 0 saturated heterocycles. The first-order chi connectivity index (χ1) is 19.9. The van der Waals surface area contributed by atoms with Crippen LogP contribution in [0.1, 0.15) is 47.8 Å². The van der Waals surface area contributed by atoms with Crippen molar-refractivity contribution in [3.05, 3.63) is 71.2 Å². The summed E-state index contributed by atoms with van der Waals surface area (Å²) in [5, 5.41) is 8.20. The zero-order valence-corrected chi connectivity index (χ0v) is 23.6. The molecule has 6 aromatic rings. The molecule has 10 heteroatoms. The van der Waals surface area contributed by atoms with Crippen molar-refractivity contribution in [3.63, 3.8) is 0 Å². The lowest BCUT2D eigenvalue weighted by Gasteiger charge is -2.24. The van der Waals surface area contributed by atoms with E-state index in [2.05, 4.69) is 37.1 Å². The van der Waals surface area contributed by atoms with Gasteiger partial charge in [0.2, 0.25) is 0 Å². The van der Waals surface area contributed by atoms with Gasteiger partial charge in [-0.1, -0.05) is 12.8 Å². The highest BCUT2D eigenvalue weighted by Gasteiger charge is 2.21. The van der Waals surface area contributed by atoms with Crippen LogP contribution in [0.4, 0.5) is 4.39 Å². The summed E-state index contributed by atoms with van der Waals surface area (Å²) >= 11 is 1.39. The number of hydrogen-bond acceptors (Lipinski definition) is 7. The molecule has 0 amide bonds. The Morgan fingerprint density at radius 3 is 2.76 bits per heavy atom. The second-order valence-electron chi connectivity index (χ2n) is 10.7. The molecule has 1 aliphatic carbocycles. The highest BCUT2D eigenvalue weighted by atomic mass is 32.1. The van der Waals surface area contributed by atoms with Crippen LogP contribution in [0, 0.1) is 5.82 Å². The second kappa shape index (κ2) is 10.3. The summed E-state index contributed by atoms with van der Waals surface area (Å²) in [6.07, 6.45) is 10.3. The number of Topliss-reactive ketones (excluding diaryl/α,β-unsaturated/α-hetero) is 1. The van der Waals surface area contributed by atoms with Gasteiger partial charge in [-0.2, -0.15) is 5.10 Å². The summed E-state index contributed by atoms with van der Waals surface area (Å²) in [5.41, 5.74) is 5.59. The van der Waals surface area contributed by atoms with E-state index in [0.717, 1.165) is 33.5 Å². The lowest BCUT2D eigenvalue weighted by molar-refractivity contribution is 0.102. The maximum absolute atomic E-state index is 15.4. The van der Waals surface area contributed by atoms with Crippen molar-refractivity contribution in [1.82, 2.24) is 35.0 Å². The molecule has 1 fully saturated rings. The molecule has 41 heavy (non-hydrogen) atoms. The minimum atomic E-state index is -0.342. The van der Waals surface area contributed by atoms with Gasteiger partial charge in [-0.25, -0.2) is 9.37 Å². The molecule has 0 bridgehead atoms. The van der Waals surface area contributed by atoms with Gasteiger partial charge in [0.25, 0.3) is 0 Å². The number of carbonyl (C=O) groups is 1. The van der Waals surface area contributed by atoms with E-state index in [9.17, 15) is 4.79 Å². The summed E-state index contributed by atoms with van der Waals surface area (Å²) in [5.74, 6) is 0.223. The third-order valence-electron chi connectivity index (χ3n) is 7.95. The van der Waals surface area contributed by atoms with Crippen LogP contribution in [0.3, 0.4) is 0 Å². The third kappa shape index (κ3) is 4.72. The molecule has 5 aromatic heterocycles. The largest absolute Gasteiger partial charge is 0.336 e. The van der Waals surface area contributed by atoms with Gasteiger partial charge in [-0.15, -0.1) is 11.3 Å². The first kappa shape index (κ1) is 25.7. The van der Waals surface area contributed by atoms with E-state index in [4.69, 9.17) is 4.98 Å². The first-order valence-corrected chi connectivity index (χ1v) is 14.5. The maximum atomic E-state index is 15.4. The predicted molar refractivity (Wildman–Crippen MR) is 159 cm³/mol. The Bertz CT molecular complexity index is 1920. The van der Waals surface area contributed by atoms with Crippen molar-refractivity contribution in [2.24, 2.45) is 0 Å². The van der Waals surface area contributed by atoms with E-state index in [-0.39, 0.29) is 11.6 Å². The van der Waals surface area contributed by atoms with Crippen LogP contribution in [0.5, 0.6) is 0 Å². The van der Waals surface area contributed by atoms with Crippen molar-refractivity contribution in [1.29, 1.82) is 0 Å². The number of ketones is 1. The molecule has 7 rings (SSSR count). The van der Waals surface area contributed by atoms with E-state index in [1.807, 2.05) is 36.5 Å². The Morgan fingerprint density at radius 1 is 1.10 bits per heavy atom. The fraction of sp³-hybridized carbons (Fsp3) is 0.258. The number of fused-ring (bicyclic) bond motifs is 2. The van der Waals surface area contributed by atoms with E-state index < -0.39 is 0 Å². The molecule has 0 aliphatic heterocycles. The maximum Gasteiger partial charge on any atom is 0.169 e. The Morgan fingerprint density at radius 2 is 1.95 bits per heavy atom. The van der Waals surface area contributed by atoms with Crippen LogP contribution in [0.25, 0.3) is 55.2 Å². The predicted octanol–water partition coefficient (Wildman–Crippen LogP) is 7.01. The second-order valence-corrected chi connectivity index (χ2v) is 11.8. The lowest BCUT2D eigenvalue weighted by Crippen LogP contribution is -2.28. The number of aromatic amines is 2. The molecule has 1 aliphatic rings. The summed E-state index contributed by atoms with van der Waals surface area (Å²) in [6.45, 7) is 2.33. The van der Waals surface area contributed by atoms with Crippen LogP contribution >= 0.6 is 11.3 Å². The smallest absolute Gasteiger partial charge is 0.169 e. The molecular formula is C31H28FN7OS. The normalized spacial score (nSPS) is 14.1. The third-order valence-corrected chi connectivity index (χ3v) is 9.14. The van der Waals surface area contributed by atoms with E-state index >= 15 is 4.39 Å². The molecule has 206 valence electrons. The average molecular weight is 566 g/mol. The van der Waals surface area contributed by atoms with Gasteiger partial charge < -0.3 is 4.98 Å². The fourth-order valence-corrected chi connectivity index (χ4v) is 6.70. The summed E-state index contributed by atoms with van der Waals surface area (Å²) in [4.78, 5) is 33.0. The molecule has 5 heterocycles. The topological polar surface area (TPSA) is 103 Å². The molecular weight excluding hydrogens is 537 g/mol. The lowest BCUT2D eigenvalue weighted by atomic mass is 10.0. The van der Waals surface area contributed by atoms with Gasteiger partial charge in [0.15, 0.2) is 11.6 Å². The van der Waals surface area contributed by atoms with Crippen molar-refractivity contribution >= 4 is 39.1 Å². The van der Waals surface area contributed by atoms with Gasteiger partial charge in [0.05, 0.1) is 20.8 Å². The number of carbonyl (C=O) groups excluding carboxylic acids is 1. The number of nitrogens with zero attached hydrogens (tertiary/aromatic N) is 5. The number of rotatable bonds is 7. The Balaban J connectivity index is 1.26. The summed E-state index contributed by atoms with van der Waals surface area (Å²) in [7, 11) is 2.15. The zero-order valence-electron chi connectivity index (χ0n) is 22.7. The van der Waals surface area contributed by atoms with Gasteiger partial charge in [0, 0.05) is 53.8 Å². The Hall–Kier alpha value is -4.28. The van der Waals surface area contributed by atoms with Crippen LogP contribution < -0.4 is 0 Å². The molecule has 0 atom stereocenters. The van der Waals surface area contributed by atoms with Gasteiger partial charge in [-0.05, 0) is 62.7 Å². The highest BCUT2D eigenvalue weighted by Crippen LogP contribution is 2.35. The van der Waals surface area contributed by atoms with Crippen LogP contribution in [0.2, 0.25) is 0 Å². The number of thiophene rings is 1. The van der Waals surface area contributed by atoms with Crippen molar-refractivity contribution in [3.8, 4) is 33.2 Å². The molecule has 2 N–H and O–H groups in total. The van der Waals surface area contributed by atoms with Crippen LogP contribution in [-0.2, 0) is 6.54 Å². The van der Waals surface area contributed by atoms with Crippen LogP contribution in [-0.4, -0.2) is 53.9 Å². The molecule has 8 nitrogen and oxygen atoms in total. The van der Waals surface area contributed by atoms with Gasteiger partial charge in [0.1, 0.15) is 22.7 Å². The van der Waals surface area contributed by atoms with Crippen LogP contribution in [0.15, 0.2) is 55.0 Å². The van der Waals surface area contributed by atoms with E-state index in [1.54, 1.807) is 19.3 Å². The van der Waals surface area contributed by atoms with Gasteiger partial charge in [-0.3, -0.25) is 24.8 Å². The van der Waals surface area contributed by atoms with Crippen molar-refractivity contribution < 1.29 is 9.18 Å². The van der Waals surface area contributed by atoms with Crippen molar-refractivity contribution in [2.75, 3.05) is 7.05 Å². The van der Waals surface area contributed by atoms with E-state index in [1.165, 1.54) is 43.1 Å². The monoisotopic (exact) mass is 565 g/mol. The molecule has 1 saturated carbocycles. The number of benzene rings is 1. The number of hydrogen-bond donors (Lipinski definition) is 2. The molecule has 0 radical (unpaired) electrons. The average Bonchev–Trinajstić information content (AvgIpc) is 3.77. The number of pyridine rings is 2. The molecule has 1 aromatic carbocycles. The summed E-state index contributed by atoms with van der Waals surface area (Å²) in [6, 6.07) is 11.5. The number of halogens is 1. The highest BCUT2D eigenvalue weighted by molar-refractivity contribution is 7.17. The summed E-state index contributed by atoms with van der Waals surface area (Å²) < 4.78 is 15.4. The van der Waals surface area contributed by atoms with E-state index in [0.29, 0.717) is 44.7 Å². The fourth-order valence-electron chi connectivity index (χ4n) is 5.81. The number of aromatic nitrogens is 6. The first-order valence-electron chi connectivity index (χ1n) is 13.7. The Labute approximate surface area is 239 Å². The Kier molecular flexibility index (Phi) is 6.44. The molecule has 0 spiro atoms. The number of H-pyrrole nitrogens is 2. The quantitative estimate of drug-likeness (QED) is 0.202. The van der Waals surface area contributed by atoms with Crippen molar-refractivity contribution in [2.45, 2.75) is 45.2 Å². The minimum absolute atomic E-state index is 0.0174.